The minimum Gasteiger partial charge on any atom is -0.480 e. The Hall–Kier alpha value is -1.88. The minimum atomic E-state index is -0.982. The molecule has 114 valence electrons. The molecule has 5 nitrogen and oxygen atoms in total. The van der Waals surface area contributed by atoms with E-state index in [2.05, 4.69) is 10.6 Å². The smallest absolute Gasteiger partial charge is 0.326 e. The molecule has 21 heavy (non-hydrogen) atoms. The van der Waals surface area contributed by atoms with Gasteiger partial charge in [-0.15, -0.1) is 0 Å². The van der Waals surface area contributed by atoms with Crippen molar-refractivity contribution in [3.05, 3.63) is 34.9 Å². The summed E-state index contributed by atoms with van der Waals surface area (Å²) in [7, 11) is 0. The van der Waals surface area contributed by atoms with Gasteiger partial charge >= 0.3 is 5.97 Å². The Kier molecular flexibility index (Phi) is 4.96. The lowest BCUT2D eigenvalue weighted by Crippen LogP contribution is -2.45. The summed E-state index contributed by atoms with van der Waals surface area (Å²) in [4.78, 5) is 23.8. The fraction of sp³-hybridized carbons (Fsp3) is 0.500. The van der Waals surface area contributed by atoms with Gasteiger partial charge in [-0.2, -0.15) is 0 Å². The van der Waals surface area contributed by atoms with E-state index in [9.17, 15) is 14.7 Å². The molecule has 0 unspecified atom stereocenters. The lowest BCUT2D eigenvalue weighted by Gasteiger charge is -2.23. The molecule has 0 fully saturated rings. The Balaban J connectivity index is 2.22. The van der Waals surface area contributed by atoms with Crippen molar-refractivity contribution in [3.63, 3.8) is 0 Å². The van der Waals surface area contributed by atoms with Crippen molar-refractivity contribution in [1.29, 1.82) is 0 Å². The first kappa shape index (κ1) is 15.5. The Labute approximate surface area is 124 Å². The van der Waals surface area contributed by atoms with Crippen molar-refractivity contribution in [2.45, 2.75) is 39.3 Å². The lowest BCUT2D eigenvalue weighted by atomic mass is 9.94. The van der Waals surface area contributed by atoms with Gasteiger partial charge in [0.15, 0.2) is 0 Å². The molecule has 5 heteroatoms. The third kappa shape index (κ3) is 3.42. The molecule has 0 aliphatic carbocycles. The number of fused-ring (bicyclic) bond motifs is 1. The van der Waals surface area contributed by atoms with Gasteiger partial charge in [0.05, 0.1) is 0 Å². The second kappa shape index (κ2) is 6.72. The molecule has 0 spiro atoms. The fourth-order valence-corrected chi connectivity index (χ4v) is 2.65. The number of carboxylic acid groups (broad SMARTS) is 1. The van der Waals surface area contributed by atoms with E-state index < -0.39 is 12.0 Å². The Bertz CT molecular complexity index is 542. The second-order valence-corrected chi connectivity index (χ2v) is 5.54. The number of rotatable bonds is 5. The number of amides is 1. The van der Waals surface area contributed by atoms with Gasteiger partial charge in [-0.25, -0.2) is 4.79 Å². The maximum absolute atomic E-state index is 12.5. The number of carboxylic acids is 1. The largest absolute Gasteiger partial charge is 0.480 e. The SMILES string of the molecule is CC[C@H](C)[C@H](NC(=O)c1cccc2c1CCNC2)C(=O)O. The van der Waals surface area contributed by atoms with Gasteiger partial charge in [0.2, 0.25) is 0 Å². The number of hydrogen-bond donors (Lipinski definition) is 3. The average Bonchev–Trinajstić information content (AvgIpc) is 2.50. The van der Waals surface area contributed by atoms with Gasteiger partial charge in [0.25, 0.3) is 5.91 Å². The summed E-state index contributed by atoms with van der Waals surface area (Å²) in [6.07, 6.45) is 1.49. The number of aliphatic carboxylic acids is 1. The maximum Gasteiger partial charge on any atom is 0.326 e. The molecular formula is C16H22N2O3. The summed E-state index contributed by atoms with van der Waals surface area (Å²) in [5, 5.41) is 15.2. The summed E-state index contributed by atoms with van der Waals surface area (Å²) in [6, 6.07) is 4.77. The molecule has 1 aromatic carbocycles. The highest BCUT2D eigenvalue weighted by molar-refractivity contribution is 5.98. The van der Waals surface area contributed by atoms with Gasteiger partial charge in [0, 0.05) is 12.1 Å². The summed E-state index contributed by atoms with van der Waals surface area (Å²) >= 11 is 0. The van der Waals surface area contributed by atoms with E-state index in [0.29, 0.717) is 12.0 Å². The van der Waals surface area contributed by atoms with Crippen molar-refractivity contribution < 1.29 is 14.7 Å². The first-order valence-electron chi connectivity index (χ1n) is 7.39. The van der Waals surface area contributed by atoms with Crippen LogP contribution in [0.5, 0.6) is 0 Å². The van der Waals surface area contributed by atoms with Crippen molar-refractivity contribution in [2.75, 3.05) is 6.54 Å². The van der Waals surface area contributed by atoms with Gasteiger partial charge in [-0.3, -0.25) is 4.79 Å². The van der Waals surface area contributed by atoms with Crippen LogP contribution in [0.1, 0.15) is 41.8 Å². The van der Waals surface area contributed by atoms with Crippen LogP contribution in [0.25, 0.3) is 0 Å². The third-order valence-corrected chi connectivity index (χ3v) is 4.15. The van der Waals surface area contributed by atoms with Crippen LogP contribution in [0.3, 0.4) is 0 Å². The Morgan fingerprint density at radius 3 is 2.86 bits per heavy atom. The molecule has 0 bridgehead atoms. The summed E-state index contributed by atoms with van der Waals surface area (Å²) in [6.45, 7) is 5.35. The van der Waals surface area contributed by atoms with Crippen LogP contribution in [0.4, 0.5) is 0 Å². The number of nitrogens with one attached hydrogen (secondary N) is 2. The summed E-state index contributed by atoms with van der Waals surface area (Å²) in [5.74, 6) is -1.38. The van der Waals surface area contributed by atoms with Gasteiger partial charge < -0.3 is 15.7 Å². The molecule has 0 saturated heterocycles. The van der Waals surface area contributed by atoms with E-state index in [4.69, 9.17) is 0 Å². The van der Waals surface area contributed by atoms with E-state index in [0.717, 1.165) is 30.6 Å². The van der Waals surface area contributed by atoms with Crippen LogP contribution in [0.15, 0.2) is 18.2 Å². The number of carbonyl (C=O) groups excluding carboxylic acids is 1. The number of hydrogen-bond acceptors (Lipinski definition) is 3. The van der Waals surface area contributed by atoms with Crippen molar-refractivity contribution in [1.82, 2.24) is 10.6 Å². The highest BCUT2D eigenvalue weighted by Gasteiger charge is 2.27. The van der Waals surface area contributed by atoms with E-state index in [-0.39, 0.29) is 11.8 Å². The molecule has 1 aromatic rings. The third-order valence-electron chi connectivity index (χ3n) is 4.15. The summed E-state index contributed by atoms with van der Waals surface area (Å²) < 4.78 is 0. The van der Waals surface area contributed by atoms with Crippen molar-refractivity contribution in [2.24, 2.45) is 5.92 Å². The first-order valence-corrected chi connectivity index (χ1v) is 7.39. The highest BCUT2D eigenvalue weighted by Crippen LogP contribution is 2.19. The Morgan fingerprint density at radius 1 is 1.43 bits per heavy atom. The zero-order valence-electron chi connectivity index (χ0n) is 12.5. The van der Waals surface area contributed by atoms with Crippen LogP contribution in [-0.2, 0) is 17.8 Å². The molecule has 2 atom stereocenters. The molecule has 1 aliphatic heterocycles. The summed E-state index contributed by atoms with van der Waals surface area (Å²) in [5.41, 5.74) is 2.75. The predicted octanol–water partition coefficient (Wildman–Crippen LogP) is 1.56. The average molecular weight is 290 g/mol. The normalized spacial score (nSPS) is 16.7. The zero-order chi connectivity index (χ0) is 15.4. The zero-order valence-corrected chi connectivity index (χ0v) is 12.5. The maximum atomic E-state index is 12.5. The quantitative estimate of drug-likeness (QED) is 0.769. The molecule has 0 saturated carbocycles. The number of benzene rings is 1. The molecule has 3 N–H and O–H groups in total. The van der Waals surface area contributed by atoms with Gasteiger partial charge in [0.1, 0.15) is 6.04 Å². The number of carbonyl (C=O) groups is 2. The highest BCUT2D eigenvalue weighted by atomic mass is 16.4. The molecule has 1 heterocycles. The van der Waals surface area contributed by atoms with E-state index in [1.165, 1.54) is 0 Å². The van der Waals surface area contributed by atoms with Crippen LogP contribution in [0, 0.1) is 5.92 Å². The predicted molar refractivity (Wildman–Crippen MR) is 80.2 cm³/mol. The minimum absolute atomic E-state index is 0.104. The van der Waals surface area contributed by atoms with Gasteiger partial charge in [-0.1, -0.05) is 32.4 Å². The van der Waals surface area contributed by atoms with E-state index in [1.54, 1.807) is 6.07 Å². The first-order chi connectivity index (χ1) is 10.0. The molecule has 1 aliphatic rings. The fourth-order valence-electron chi connectivity index (χ4n) is 2.65. The molecular weight excluding hydrogens is 268 g/mol. The molecule has 0 aromatic heterocycles. The molecule has 2 rings (SSSR count). The van der Waals surface area contributed by atoms with E-state index in [1.807, 2.05) is 26.0 Å². The van der Waals surface area contributed by atoms with Crippen molar-refractivity contribution in [3.8, 4) is 0 Å². The Morgan fingerprint density at radius 2 is 2.19 bits per heavy atom. The van der Waals surface area contributed by atoms with Crippen LogP contribution in [-0.4, -0.2) is 29.6 Å². The monoisotopic (exact) mass is 290 g/mol. The second-order valence-electron chi connectivity index (χ2n) is 5.54. The van der Waals surface area contributed by atoms with Crippen LogP contribution >= 0.6 is 0 Å². The topological polar surface area (TPSA) is 78.4 Å². The van der Waals surface area contributed by atoms with Crippen LogP contribution < -0.4 is 10.6 Å². The molecule has 1 amide bonds. The standard InChI is InChI=1S/C16H22N2O3/c1-3-10(2)14(16(20)21)18-15(19)13-6-4-5-11-9-17-8-7-12(11)13/h4-6,10,14,17H,3,7-9H2,1-2H3,(H,18,19)(H,20,21)/t10-,14-/m0/s1. The lowest BCUT2D eigenvalue weighted by molar-refractivity contribution is -0.140. The van der Waals surface area contributed by atoms with Gasteiger partial charge in [-0.05, 0) is 36.1 Å². The van der Waals surface area contributed by atoms with Crippen molar-refractivity contribution >= 4 is 11.9 Å². The molecule has 0 radical (unpaired) electrons. The van der Waals surface area contributed by atoms with E-state index >= 15 is 0 Å². The van der Waals surface area contributed by atoms with Crippen LogP contribution in [0.2, 0.25) is 0 Å².